The van der Waals surface area contributed by atoms with Gasteiger partial charge in [0.2, 0.25) is 5.91 Å². The summed E-state index contributed by atoms with van der Waals surface area (Å²) >= 11 is 0. The molecule has 0 radical (unpaired) electrons. The fourth-order valence-corrected chi connectivity index (χ4v) is 2.36. The lowest BCUT2D eigenvalue weighted by Crippen LogP contribution is -2.33. The molecule has 1 aliphatic rings. The maximum absolute atomic E-state index is 13.6. The van der Waals surface area contributed by atoms with Crippen molar-refractivity contribution < 1.29 is 13.6 Å². The first-order valence-corrected chi connectivity index (χ1v) is 6.48. The third kappa shape index (κ3) is 3.50. The number of hydrogen-bond acceptors (Lipinski definition) is 2. The van der Waals surface area contributed by atoms with Gasteiger partial charge in [-0.15, -0.1) is 0 Å². The van der Waals surface area contributed by atoms with Crippen molar-refractivity contribution in [1.29, 1.82) is 0 Å². The van der Waals surface area contributed by atoms with E-state index in [0.717, 1.165) is 25.6 Å². The Balaban J connectivity index is 2.00. The highest BCUT2D eigenvalue weighted by Crippen LogP contribution is 2.15. The van der Waals surface area contributed by atoms with Crippen LogP contribution >= 0.6 is 0 Å². The van der Waals surface area contributed by atoms with Crippen LogP contribution in [0.5, 0.6) is 0 Å². The smallest absolute Gasteiger partial charge is 0.219 e. The fraction of sp³-hybridized carbons (Fsp3) is 0.500. The summed E-state index contributed by atoms with van der Waals surface area (Å²) < 4.78 is 26.7. The fourth-order valence-electron chi connectivity index (χ4n) is 2.36. The van der Waals surface area contributed by atoms with Crippen LogP contribution in [-0.2, 0) is 11.3 Å². The third-order valence-corrected chi connectivity index (χ3v) is 3.46. The van der Waals surface area contributed by atoms with Gasteiger partial charge in [0.1, 0.15) is 0 Å². The first-order valence-electron chi connectivity index (χ1n) is 6.48. The molecule has 2 rings (SSSR count). The van der Waals surface area contributed by atoms with Gasteiger partial charge in [-0.2, -0.15) is 0 Å². The molecule has 1 aliphatic heterocycles. The van der Waals surface area contributed by atoms with Crippen molar-refractivity contribution in [2.45, 2.75) is 19.9 Å². The topological polar surface area (TPSA) is 23.6 Å². The Hall–Kier alpha value is -1.49. The maximum Gasteiger partial charge on any atom is 0.219 e. The molecule has 1 amide bonds. The maximum atomic E-state index is 13.6. The van der Waals surface area contributed by atoms with E-state index in [1.807, 2.05) is 0 Å². The molecule has 0 aromatic heterocycles. The number of hydrogen-bond donors (Lipinski definition) is 0. The number of nitrogens with zero attached hydrogens (tertiary/aromatic N) is 2. The molecule has 1 heterocycles. The molecular formula is C14H18F2N2O. The lowest BCUT2D eigenvalue weighted by atomic mass is 10.2. The van der Waals surface area contributed by atoms with E-state index >= 15 is 0 Å². The summed E-state index contributed by atoms with van der Waals surface area (Å²) in [4.78, 5) is 15.2. The molecule has 0 unspecified atom stereocenters. The minimum atomic E-state index is -0.808. The molecule has 19 heavy (non-hydrogen) atoms. The quantitative estimate of drug-likeness (QED) is 0.819. The van der Waals surface area contributed by atoms with E-state index in [2.05, 4.69) is 4.90 Å². The highest BCUT2D eigenvalue weighted by Gasteiger charge is 2.18. The number of carbonyl (C=O) groups is 1. The Morgan fingerprint density at radius 2 is 2.00 bits per heavy atom. The van der Waals surface area contributed by atoms with Gasteiger partial charge in [0.25, 0.3) is 0 Å². The van der Waals surface area contributed by atoms with Gasteiger partial charge in [0.15, 0.2) is 11.6 Å². The Morgan fingerprint density at radius 3 is 2.74 bits per heavy atom. The van der Waals surface area contributed by atoms with E-state index in [-0.39, 0.29) is 5.91 Å². The molecule has 1 aromatic rings. The zero-order chi connectivity index (χ0) is 13.8. The summed E-state index contributed by atoms with van der Waals surface area (Å²) in [6.07, 6.45) is 0.858. The lowest BCUT2D eigenvalue weighted by molar-refractivity contribution is -0.128. The van der Waals surface area contributed by atoms with Crippen LogP contribution in [0, 0.1) is 11.6 Å². The standard InChI is InChI=1S/C14H18F2N2O/c1-11(19)18-7-3-6-17(8-9-18)10-12-4-2-5-13(15)14(12)16/h2,4-5H,3,6-10H2,1H3. The third-order valence-electron chi connectivity index (χ3n) is 3.46. The number of halogens is 2. The van der Waals surface area contributed by atoms with E-state index in [1.165, 1.54) is 6.07 Å². The summed E-state index contributed by atoms with van der Waals surface area (Å²) in [6.45, 7) is 4.80. The average molecular weight is 268 g/mol. The molecule has 1 aromatic carbocycles. The highest BCUT2D eigenvalue weighted by atomic mass is 19.2. The van der Waals surface area contributed by atoms with E-state index < -0.39 is 11.6 Å². The van der Waals surface area contributed by atoms with Crippen molar-refractivity contribution in [3.8, 4) is 0 Å². The summed E-state index contributed by atoms with van der Waals surface area (Å²) in [5.41, 5.74) is 0.372. The highest BCUT2D eigenvalue weighted by molar-refractivity contribution is 5.73. The molecule has 5 heteroatoms. The summed E-state index contributed by atoms with van der Waals surface area (Å²) in [7, 11) is 0. The zero-order valence-electron chi connectivity index (χ0n) is 11.0. The van der Waals surface area contributed by atoms with Gasteiger partial charge in [-0.05, 0) is 12.5 Å². The summed E-state index contributed by atoms with van der Waals surface area (Å²) in [5.74, 6) is -1.51. The van der Waals surface area contributed by atoms with Crippen LogP contribution in [0.3, 0.4) is 0 Å². The minimum absolute atomic E-state index is 0.0683. The van der Waals surface area contributed by atoms with Gasteiger partial charge >= 0.3 is 0 Å². The average Bonchev–Trinajstić information content (AvgIpc) is 2.60. The van der Waals surface area contributed by atoms with E-state index in [4.69, 9.17) is 0 Å². The molecule has 104 valence electrons. The van der Waals surface area contributed by atoms with Gasteiger partial charge in [-0.25, -0.2) is 8.78 Å². The van der Waals surface area contributed by atoms with Crippen LogP contribution in [-0.4, -0.2) is 41.9 Å². The second-order valence-corrected chi connectivity index (χ2v) is 4.85. The normalized spacial score (nSPS) is 17.3. The van der Waals surface area contributed by atoms with Crippen LogP contribution in [0.2, 0.25) is 0 Å². The van der Waals surface area contributed by atoms with Crippen LogP contribution in [0.1, 0.15) is 18.9 Å². The first kappa shape index (κ1) is 13.9. The van der Waals surface area contributed by atoms with Crippen molar-refractivity contribution in [3.05, 3.63) is 35.4 Å². The lowest BCUT2D eigenvalue weighted by Gasteiger charge is -2.21. The van der Waals surface area contributed by atoms with Crippen molar-refractivity contribution in [1.82, 2.24) is 9.80 Å². The monoisotopic (exact) mass is 268 g/mol. The van der Waals surface area contributed by atoms with Crippen LogP contribution in [0.4, 0.5) is 8.78 Å². The van der Waals surface area contributed by atoms with E-state index in [9.17, 15) is 13.6 Å². The largest absolute Gasteiger partial charge is 0.342 e. The molecule has 0 aliphatic carbocycles. The van der Waals surface area contributed by atoms with Gasteiger partial charge < -0.3 is 4.90 Å². The molecule has 0 saturated carbocycles. The zero-order valence-corrected chi connectivity index (χ0v) is 11.0. The van der Waals surface area contributed by atoms with Gasteiger partial charge in [0, 0.05) is 45.2 Å². The Kier molecular flexibility index (Phi) is 4.47. The van der Waals surface area contributed by atoms with E-state index in [0.29, 0.717) is 25.2 Å². The number of benzene rings is 1. The van der Waals surface area contributed by atoms with Crippen molar-refractivity contribution in [2.24, 2.45) is 0 Å². The molecule has 1 saturated heterocycles. The van der Waals surface area contributed by atoms with Crippen molar-refractivity contribution in [3.63, 3.8) is 0 Å². The van der Waals surface area contributed by atoms with Gasteiger partial charge in [-0.1, -0.05) is 12.1 Å². The molecule has 3 nitrogen and oxygen atoms in total. The SMILES string of the molecule is CC(=O)N1CCCN(Cc2cccc(F)c2F)CC1. The molecule has 0 atom stereocenters. The predicted molar refractivity (Wildman–Crippen MR) is 68.5 cm³/mol. The van der Waals surface area contributed by atoms with Gasteiger partial charge in [-0.3, -0.25) is 9.69 Å². The minimum Gasteiger partial charge on any atom is -0.342 e. The van der Waals surface area contributed by atoms with Crippen molar-refractivity contribution >= 4 is 5.91 Å². The molecule has 0 N–H and O–H groups in total. The number of rotatable bonds is 2. The van der Waals surface area contributed by atoms with Crippen LogP contribution in [0.25, 0.3) is 0 Å². The van der Waals surface area contributed by atoms with Crippen LogP contribution < -0.4 is 0 Å². The second-order valence-electron chi connectivity index (χ2n) is 4.85. The van der Waals surface area contributed by atoms with E-state index in [1.54, 1.807) is 17.9 Å². The molecule has 0 spiro atoms. The van der Waals surface area contributed by atoms with Crippen LogP contribution in [0.15, 0.2) is 18.2 Å². The number of carbonyl (C=O) groups excluding carboxylic acids is 1. The molecular weight excluding hydrogens is 250 g/mol. The second kappa shape index (κ2) is 6.10. The van der Waals surface area contributed by atoms with Crippen molar-refractivity contribution in [2.75, 3.05) is 26.2 Å². The number of amides is 1. The first-order chi connectivity index (χ1) is 9.08. The Bertz CT molecular complexity index is 465. The predicted octanol–water partition coefficient (Wildman–Crippen LogP) is 2.02. The molecule has 0 bridgehead atoms. The molecule has 1 fully saturated rings. The Labute approximate surface area is 111 Å². The summed E-state index contributed by atoms with van der Waals surface area (Å²) in [5, 5.41) is 0. The van der Waals surface area contributed by atoms with Gasteiger partial charge in [0.05, 0.1) is 0 Å². The summed E-state index contributed by atoms with van der Waals surface area (Å²) in [6, 6.07) is 4.25. The Morgan fingerprint density at radius 1 is 1.21 bits per heavy atom.